The van der Waals surface area contributed by atoms with E-state index in [0.29, 0.717) is 30.4 Å². The van der Waals surface area contributed by atoms with Gasteiger partial charge in [-0.1, -0.05) is 41.3 Å². The number of aromatic nitrogens is 1. The van der Waals surface area contributed by atoms with E-state index < -0.39 is 23.9 Å². The molecule has 2 heterocycles. The predicted octanol–water partition coefficient (Wildman–Crippen LogP) is 5.12. The number of benzene rings is 1. The van der Waals surface area contributed by atoms with Crippen molar-refractivity contribution in [3.63, 3.8) is 0 Å². The summed E-state index contributed by atoms with van der Waals surface area (Å²) in [6, 6.07) is 10.7. The van der Waals surface area contributed by atoms with E-state index in [0.717, 1.165) is 53.4 Å². The fraction of sp³-hybridized carbons (Fsp3) is 0.485. The molecule has 1 aromatic heterocycles. The third-order valence-electron chi connectivity index (χ3n) is 9.03. The second-order valence-corrected chi connectivity index (χ2v) is 12.5. The van der Waals surface area contributed by atoms with Crippen LogP contribution < -0.4 is 0 Å². The number of methoxy groups -OCH3 is 1. The number of likely N-dealkylation sites (tertiary alicyclic amines) is 1. The number of pyridine rings is 1. The lowest BCUT2D eigenvalue weighted by Gasteiger charge is -2.36. The Morgan fingerprint density at radius 1 is 1.17 bits per heavy atom. The second kappa shape index (κ2) is 13.6. The van der Waals surface area contributed by atoms with E-state index in [9.17, 15) is 24.9 Å². The van der Waals surface area contributed by atoms with Crippen molar-refractivity contribution in [2.24, 2.45) is 17.8 Å². The van der Waals surface area contributed by atoms with Crippen molar-refractivity contribution in [1.29, 1.82) is 0 Å². The number of carbonyl (C=O) groups is 2. The third-order valence-corrected chi connectivity index (χ3v) is 9.53. The molecule has 2 aliphatic carbocycles. The highest BCUT2D eigenvalue weighted by Crippen LogP contribution is 2.47. The van der Waals surface area contributed by atoms with Crippen molar-refractivity contribution in [3.8, 4) is 5.75 Å². The first-order valence-corrected chi connectivity index (χ1v) is 15.6. The lowest BCUT2D eigenvalue weighted by molar-refractivity contribution is -0.143. The van der Waals surface area contributed by atoms with Crippen molar-refractivity contribution >= 4 is 39.4 Å². The lowest BCUT2D eigenvalue weighted by Crippen LogP contribution is -2.42. The van der Waals surface area contributed by atoms with Crippen LogP contribution in [0.4, 0.5) is 0 Å². The molecule has 2 amide bonds. The Bertz CT molecular complexity index is 1350. The van der Waals surface area contributed by atoms with Gasteiger partial charge in [-0.25, -0.2) is 0 Å². The van der Waals surface area contributed by atoms with Gasteiger partial charge in [0.05, 0.1) is 36.8 Å². The molecule has 224 valence electrons. The number of allylic oxidation sites excluding steroid dienone is 1. The Balaban J connectivity index is 1.43. The smallest absolute Gasteiger partial charge is 0.234 e. The van der Waals surface area contributed by atoms with Gasteiger partial charge in [-0.2, -0.15) is 0 Å². The summed E-state index contributed by atoms with van der Waals surface area (Å²) < 4.78 is 6.31. The van der Waals surface area contributed by atoms with Crippen LogP contribution in [0.3, 0.4) is 0 Å². The number of rotatable bonds is 10. The third kappa shape index (κ3) is 6.25. The summed E-state index contributed by atoms with van der Waals surface area (Å²) in [5.74, 6) is -2.11. The van der Waals surface area contributed by atoms with E-state index in [1.54, 1.807) is 25.4 Å². The van der Waals surface area contributed by atoms with Crippen LogP contribution in [0, 0.1) is 17.8 Å². The molecule has 1 aromatic carbocycles. The fourth-order valence-corrected chi connectivity index (χ4v) is 7.47. The molecule has 5 rings (SSSR count). The Morgan fingerprint density at radius 3 is 2.64 bits per heavy atom. The van der Waals surface area contributed by atoms with Crippen LogP contribution in [0.2, 0.25) is 0 Å². The van der Waals surface area contributed by atoms with Gasteiger partial charge < -0.3 is 20.1 Å². The van der Waals surface area contributed by atoms with Gasteiger partial charge in [0.1, 0.15) is 5.75 Å². The zero-order valence-corrected chi connectivity index (χ0v) is 25.5. The molecular weight excluding hydrogens is 600 g/mol. The molecule has 3 N–H and O–H groups in total. The number of phenolic OH excluding ortho intramolecular Hbond substituents is 1. The maximum atomic E-state index is 13.8. The first-order valence-electron chi connectivity index (χ1n) is 14.8. The molecule has 1 saturated carbocycles. The molecule has 0 spiro atoms. The fourth-order valence-electron chi connectivity index (χ4n) is 7.09. The van der Waals surface area contributed by atoms with Gasteiger partial charge in [0.15, 0.2) is 0 Å². The minimum absolute atomic E-state index is 0.0801. The Kier molecular flexibility index (Phi) is 9.93. The van der Waals surface area contributed by atoms with Crippen molar-refractivity contribution in [1.82, 2.24) is 9.88 Å². The van der Waals surface area contributed by atoms with E-state index >= 15 is 0 Å². The van der Waals surface area contributed by atoms with Crippen LogP contribution in [-0.2, 0) is 14.3 Å². The predicted molar refractivity (Wildman–Crippen MR) is 163 cm³/mol. The number of halogens is 1. The van der Waals surface area contributed by atoms with E-state index in [1.807, 2.05) is 30.3 Å². The Morgan fingerprint density at radius 2 is 1.95 bits per heavy atom. The van der Waals surface area contributed by atoms with Crippen LogP contribution in [0.25, 0.3) is 11.6 Å². The van der Waals surface area contributed by atoms with Crippen molar-refractivity contribution < 1.29 is 29.6 Å². The standard InChI is InChI=1S/C33H39BrN2O6/c1-42-19-22-17-25-31(33(41)36(32(25)40)24-7-3-2-4-8-24)26(18-37)30(22)29(39)12-10-20(27-9-5-6-14-35-27)15-21-16-23(34)11-13-28(21)38/h5-6,9,11,13-16,24-26,29,31,37-39H,2-4,7-8,10,12,17-19H2,1H3/b20-15-/t25-,26+,29-,31-/m1/s1. The van der Waals surface area contributed by atoms with Gasteiger partial charge in [-0.05, 0) is 85.2 Å². The quantitative estimate of drug-likeness (QED) is 0.244. The maximum Gasteiger partial charge on any atom is 0.234 e. The SMILES string of the molecule is COCC1=C([C@H](O)CC/C(=C/c2cc(Br)ccc2O)c2ccccn2)[C@H](CO)[C@@H]2C(=O)N(C3CCCCC3)C(=O)[C@@H]2C1. The molecule has 0 radical (unpaired) electrons. The largest absolute Gasteiger partial charge is 0.507 e. The summed E-state index contributed by atoms with van der Waals surface area (Å²) in [6.07, 6.45) is 8.41. The van der Waals surface area contributed by atoms with Crippen LogP contribution in [0.5, 0.6) is 5.75 Å². The minimum atomic E-state index is -0.969. The topological polar surface area (TPSA) is 120 Å². The molecule has 0 unspecified atom stereocenters. The van der Waals surface area contributed by atoms with Crippen molar-refractivity contribution in [3.05, 3.63) is 69.5 Å². The molecule has 4 atom stereocenters. The summed E-state index contributed by atoms with van der Waals surface area (Å²) in [6.45, 7) is -0.126. The number of aromatic hydroxyl groups is 1. The monoisotopic (exact) mass is 638 g/mol. The summed E-state index contributed by atoms with van der Waals surface area (Å²) in [7, 11) is 1.57. The van der Waals surface area contributed by atoms with E-state index in [1.165, 1.54) is 4.90 Å². The number of hydrogen-bond donors (Lipinski definition) is 3. The van der Waals surface area contributed by atoms with E-state index in [4.69, 9.17) is 4.74 Å². The lowest BCUT2D eigenvalue weighted by atomic mass is 9.68. The minimum Gasteiger partial charge on any atom is -0.507 e. The number of nitrogens with zero attached hydrogens (tertiary/aromatic N) is 2. The second-order valence-electron chi connectivity index (χ2n) is 11.6. The number of phenols is 1. The molecule has 9 heteroatoms. The van der Waals surface area contributed by atoms with Gasteiger partial charge in [-0.15, -0.1) is 0 Å². The molecule has 1 aliphatic heterocycles. The van der Waals surface area contributed by atoms with Crippen LogP contribution in [-0.4, -0.2) is 69.5 Å². The maximum absolute atomic E-state index is 13.8. The molecule has 42 heavy (non-hydrogen) atoms. The number of amides is 2. The number of aliphatic hydroxyl groups is 2. The molecule has 2 aromatic rings. The Labute approximate surface area is 255 Å². The molecule has 3 aliphatic rings. The number of ether oxygens (including phenoxy) is 1. The zero-order chi connectivity index (χ0) is 29.8. The molecule has 0 bridgehead atoms. The van der Waals surface area contributed by atoms with Gasteiger partial charge >= 0.3 is 0 Å². The number of imide groups is 1. The first kappa shape index (κ1) is 30.6. The average molecular weight is 640 g/mol. The highest BCUT2D eigenvalue weighted by Gasteiger charge is 2.56. The number of carbonyl (C=O) groups excluding carboxylic acids is 2. The number of fused-ring (bicyclic) bond motifs is 1. The Hall–Kier alpha value is -2.85. The van der Waals surface area contributed by atoms with Gasteiger partial charge in [0, 0.05) is 35.3 Å². The van der Waals surface area contributed by atoms with Gasteiger partial charge in [-0.3, -0.25) is 19.5 Å². The first-order chi connectivity index (χ1) is 20.3. The summed E-state index contributed by atoms with van der Waals surface area (Å²) in [5, 5.41) is 32.8. The summed E-state index contributed by atoms with van der Waals surface area (Å²) in [4.78, 5) is 33.4. The number of aliphatic hydroxyl groups excluding tert-OH is 2. The molecule has 2 fully saturated rings. The molecule has 8 nitrogen and oxygen atoms in total. The number of hydrogen-bond acceptors (Lipinski definition) is 7. The molecular formula is C33H39BrN2O6. The van der Waals surface area contributed by atoms with Crippen LogP contribution >= 0.6 is 15.9 Å². The summed E-state index contributed by atoms with van der Waals surface area (Å²) in [5.41, 5.74) is 3.55. The molecule has 1 saturated heterocycles. The highest BCUT2D eigenvalue weighted by molar-refractivity contribution is 9.10. The van der Waals surface area contributed by atoms with E-state index in [-0.39, 0.29) is 36.8 Å². The van der Waals surface area contributed by atoms with E-state index in [2.05, 4.69) is 20.9 Å². The normalized spacial score (nSPS) is 24.3. The zero-order valence-electron chi connectivity index (χ0n) is 23.9. The van der Waals surface area contributed by atoms with Crippen LogP contribution in [0.1, 0.15) is 62.6 Å². The van der Waals surface area contributed by atoms with Gasteiger partial charge in [0.2, 0.25) is 11.8 Å². The highest BCUT2D eigenvalue weighted by atomic mass is 79.9. The average Bonchev–Trinajstić information content (AvgIpc) is 3.25. The van der Waals surface area contributed by atoms with Crippen LogP contribution in [0.15, 0.2) is 58.2 Å². The summed E-state index contributed by atoms with van der Waals surface area (Å²) >= 11 is 3.46. The van der Waals surface area contributed by atoms with Crippen molar-refractivity contribution in [2.75, 3.05) is 20.3 Å². The van der Waals surface area contributed by atoms with Gasteiger partial charge in [0.25, 0.3) is 0 Å². The van der Waals surface area contributed by atoms with Crippen molar-refractivity contribution in [2.45, 2.75) is 63.5 Å².